The molecular formula is C22H30N6O. The van der Waals surface area contributed by atoms with Crippen LogP contribution in [0.3, 0.4) is 0 Å². The summed E-state index contributed by atoms with van der Waals surface area (Å²) in [7, 11) is 0. The van der Waals surface area contributed by atoms with Crippen LogP contribution >= 0.6 is 0 Å². The number of nitrogens with zero attached hydrogens (tertiary/aromatic N) is 5. The lowest BCUT2D eigenvalue weighted by molar-refractivity contribution is -0.127. The van der Waals surface area contributed by atoms with E-state index in [2.05, 4.69) is 30.1 Å². The van der Waals surface area contributed by atoms with Gasteiger partial charge in [-0.1, -0.05) is 6.07 Å². The highest BCUT2D eigenvalue weighted by atomic mass is 16.1. The number of carbonyl (C=O) groups excluding carboxylic acids is 1. The largest absolute Gasteiger partial charge is 0.356 e. The number of hydrogen-bond acceptors (Lipinski definition) is 6. The van der Waals surface area contributed by atoms with Gasteiger partial charge in [-0.25, -0.2) is 9.97 Å². The minimum Gasteiger partial charge on any atom is -0.356 e. The summed E-state index contributed by atoms with van der Waals surface area (Å²) in [4.78, 5) is 30.4. The van der Waals surface area contributed by atoms with Crippen LogP contribution in [0.25, 0.3) is 0 Å². The van der Waals surface area contributed by atoms with Crippen molar-refractivity contribution in [3.63, 3.8) is 0 Å². The Labute approximate surface area is 172 Å². The van der Waals surface area contributed by atoms with E-state index in [1.165, 1.54) is 0 Å². The fraction of sp³-hybridized carbons (Fsp3) is 0.545. The summed E-state index contributed by atoms with van der Waals surface area (Å²) in [6.45, 7) is 6.48. The van der Waals surface area contributed by atoms with Gasteiger partial charge in [0, 0.05) is 50.8 Å². The molecule has 0 spiro atoms. The third-order valence-corrected chi connectivity index (χ3v) is 6.08. The van der Waals surface area contributed by atoms with Gasteiger partial charge in [0.25, 0.3) is 0 Å². The molecule has 0 bridgehead atoms. The van der Waals surface area contributed by atoms with Crippen LogP contribution in [0.15, 0.2) is 36.8 Å². The molecule has 2 aliphatic heterocycles. The minimum absolute atomic E-state index is 0.0861. The Kier molecular flexibility index (Phi) is 6.34. The third kappa shape index (κ3) is 5.09. The van der Waals surface area contributed by atoms with Gasteiger partial charge in [0.2, 0.25) is 5.91 Å². The summed E-state index contributed by atoms with van der Waals surface area (Å²) < 4.78 is 0. The highest BCUT2D eigenvalue weighted by molar-refractivity contribution is 5.78. The van der Waals surface area contributed by atoms with E-state index >= 15 is 0 Å². The smallest absolute Gasteiger partial charge is 0.224 e. The second kappa shape index (κ2) is 9.31. The van der Waals surface area contributed by atoms with Crippen LogP contribution in [-0.2, 0) is 11.3 Å². The molecule has 7 nitrogen and oxygen atoms in total. The van der Waals surface area contributed by atoms with Crippen molar-refractivity contribution in [1.82, 2.24) is 25.2 Å². The lowest BCUT2D eigenvalue weighted by Gasteiger charge is -2.42. The first-order valence-corrected chi connectivity index (χ1v) is 10.6. The van der Waals surface area contributed by atoms with Crippen LogP contribution in [0.1, 0.15) is 37.1 Å². The highest BCUT2D eigenvalue weighted by Gasteiger charge is 2.31. The molecule has 0 aliphatic carbocycles. The number of anilines is 1. The molecule has 29 heavy (non-hydrogen) atoms. The van der Waals surface area contributed by atoms with E-state index in [9.17, 15) is 4.79 Å². The molecule has 1 atom stereocenters. The van der Waals surface area contributed by atoms with Crippen molar-refractivity contribution in [1.29, 1.82) is 0 Å². The summed E-state index contributed by atoms with van der Waals surface area (Å²) >= 11 is 0. The molecule has 0 radical (unpaired) electrons. The predicted molar refractivity (Wildman–Crippen MR) is 112 cm³/mol. The lowest BCUT2D eigenvalue weighted by Crippen LogP contribution is -2.50. The summed E-state index contributed by atoms with van der Waals surface area (Å²) in [6, 6.07) is 6.45. The summed E-state index contributed by atoms with van der Waals surface area (Å²) in [5.74, 6) is 2.11. The molecule has 2 saturated heterocycles. The van der Waals surface area contributed by atoms with E-state index in [4.69, 9.17) is 0 Å². The molecular weight excluding hydrogens is 364 g/mol. The SMILES string of the molecule is Cc1nccc(N2CCC(N3CCC[C@H](C(=O)NCc4cccnc4)C3)CC2)n1. The first-order chi connectivity index (χ1) is 14.2. The molecule has 154 valence electrons. The summed E-state index contributed by atoms with van der Waals surface area (Å²) in [5, 5.41) is 3.10. The average Bonchev–Trinajstić information content (AvgIpc) is 2.78. The molecule has 2 aromatic rings. The zero-order valence-electron chi connectivity index (χ0n) is 17.1. The molecule has 0 saturated carbocycles. The molecule has 4 rings (SSSR count). The minimum atomic E-state index is 0.0861. The van der Waals surface area contributed by atoms with E-state index < -0.39 is 0 Å². The van der Waals surface area contributed by atoms with Crippen molar-refractivity contribution >= 4 is 11.7 Å². The van der Waals surface area contributed by atoms with Crippen LogP contribution in [0.4, 0.5) is 5.82 Å². The maximum Gasteiger partial charge on any atom is 0.224 e. The number of aromatic nitrogens is 3. The average molecular weight is 395 g/mol. The van der Waals surface area contributed by atoms with Crippen molar-refractivity contribution in [2.45, 2.75) is 45.2 Å². The number of carbonyl (C=O) groups is 1. The molecule has 4 heterocycles. The Bertz CT molecular complexity index is 806. The topological polar surface area (TPSA) is 74.2 Å². The van der Waals surface area contributed by atoms with Gasteiger partial charge in [-0.15, -0.1) is 0 Å². The maximum absolute atomic E-state index is 12.7. The van der Waals surface area contributed by atoms with Gasteiger partial charge in [-0.2, -0.15) is 0 Å². The van der Waals surface area contributed by atoms with Crippen molar-refractivity contribution in [3.05, 3.63) is 48.2 Å². The Morgan fingerprint density at radius 2 is 2.03 bits per heavy atom. The van der Waals surface area contributed by atoms with E-state index in [0.29, 0.717) is 12.6 Å². The van der Waals surface area contributed by atoms with Gasteiger partial charge in [-0.3, -0.25) is 14.7 Å². The number of hydrogen-bond donors (Lipinski definition) is 1. The van der Waals surface area contributed by atoms with Crippen LogP contribution in [0.2, 0.25) is 0 Å². The van der Waals surface area contributed by atoms with Gasteiger partial charge >= 0.3 is 0 Å². The Hall–Kier alpha value is -2.54. The molecule has 1 N–H and O–H groups in total. The first kappa shape index (κ1) is 19.8. The number of likely N-dealkylation sites (tertiary alicyclic amines) is 1. The highest BCUT2D eigenvalue weighted by Crippen LogP contribution is 2.25. The molecule has 0 aromatic carbocycles. The monoisotopic (exact) mass is 394 g/mol. The van der Waals surface area contributed by atoms with E-state index in [1.54, 1.807) is 12.4 Å². The Morgan fingerprint density at radius 1 is 1.17 bits per heavy atom. The van der Waals surface area contributed by atoms with E-state index in [-0.39, 0.29) is 11.8 Å². The normalized spacial score (nSPS) is 21.1. The quantitative estimate of drug-likeness (QED) is 0.838. The van der Waals surface area contributed by atoms with Gasteiger partial charge in [0.15, 0.2) is 0 Å². The maximum atomic E-state index is 12.7. The van der Waals surface area contributed by atoms with Crippen molar-refractivity contribution in [2.75, 3.05) is 31.1 Å². The molecule has 1 amide bonds. The fourth-order valence-electron chi connectivity index (χ4n) is 4.47. The van der Waals surface area contributed by atoms with Gasteiger partial charge in [0.1, 0.15) is 11.6 Å². The van der Waals surface area contributed by atoms with Crippen LogP contribution in [0.5, 0.6) is 0 Å². The zero-order valence-corrected chi connectivity index (χ0v) is 17.1. The predicted octanol–water partition coefficient (Wildman–Crippen LogP) is 2.18. The van der Waals surface area contributed by atoms with Crippen LogP contribution < -0.4 is 10.2 Å². The standard InChI is InChI=1S/C22H30N6O/c1-17-24-10-6-21(26-17)27-12-7-20(8-13-27)28-11-3-5-19(16-28)22(29)25-15-18-4-2-9-23-14-18/h2,4,6,9-10,14,19-20H,3,5,7-8,11-13,15-16H2,1H3,(H,25,29)/t19-/m0/s1. The number of nitrogens with one attached hydrogen (secondary N) is 1. The Balaban J connectivity index is 1.27. The Morgan fingerprint density at radius 3 is 2.79 bits per heavy atom. The number of amides is 1. The summed E-state index contributed by atoms with van der Waals surface area (Å²) in [6.07, 6.45) is 9.70. The van der Waals surface area contributed by atoms with E-state index in [1.807, 2.05) is 31.3 Å². The van der Waals surface area contributed by atoms with Gasteiger partial charge in [0.05, 0.1) is 5.92 Å². The number of piperidine rings is 2. The number of rotatable bonds is 5. The second-order valence-corrected chi connectivity index (χ2v) is 8.09. The number of aryl methyl sites for hydroxylation is 1. The van der Waals surface area contributed by atoms with Crippen LogP contribution in [-0.4, -0.2) is 58.0 Å². The fourth-order valence-corrected chi connectivity index (χ4v) is 4.47. The second-order valence-electron chi connectivity index (χ2n) is 8.09. The van der Waals surface area contributed by atoms with Gasteiger partial charge in [-0.05, 0) is 56.8 Å². The third-order valence-electron chi connectivity index (χ3n) is 6.08. The molecule has 2 aliphatic rings. The van der Waals surface area contributed by atoms with Gasteiger partial charge < -0.3 is 10.2 Å². The van der Waals surface area contributed by atoms with E-state index in [0.717, 1.165) is 69.1 Å². The lowest BCUT2D eigenvalue weighted by atomic mass is 9.93. The molecule has 7 heteroatoms. The van der Waals surface area contributed by atoms with Crippen LogP contribution in [0, 0.1) is 12.8 Å². The first-order valence-electron chi connectivity index (χ1n) is 10.6. The number of pyridine rings is 1. The summed E-state index contributed by atoms with van der Waals surface area (Å²) in [5.41, 5.74) is 1.04. The molecule has 2 fully saturated rings. The van der Waals surface area contributed by atoms with Crippen molar-refractivity contribution in [3.8, 4) is 0 Å². The molecule has 0 unspecified atom stereocenters. The van der Waals surface area contributed by atoms with Crippen molar-refractivity contribution < 1.29 is 4.79 Å². The zero-order chi connectivity index (χ0) is 20.1. The molecule has 2 aromatic heterocycles. The van der Waals surface area contributed by atoms with Crippen molar-refractivity contribution in [2.24, 2.45) is 5.92 Å².